The van der Waals surface area contributed by atoms with Gasteiger partial charge in [-0.05, 0) is 41.7 Å². The van der Waals surface area contributed by atoms with Crippen LogP contribution in [0.3, 0.4) is 0 Å². The first kappa shape index (κ1) is 19.1. The van der Waals surface area contributed by atoms with Crippen LogP contribution in [0.1, 0.15) is 25.0 Å². The minimum atomic E-state index is -4.50. The van der Waals surface area contributed by atoms with Crippen LogP contribution < -0.4 is 4.74 Å². The molecule has 5 heteroatoms. The van der Waals surface area contributed by atoms with Crippen molar-refractivity contribution in [3.63, 3.8) is 0 Å². The lowest BCUT2D eigenvalue weighted by molar-refractivity contribution is -0.139. The predicted molar refractivity (Wildman–Crippen MR) is 102 cm³/mol. The normalized spacial score (nSPS) is 11.8. The van der Waals surface area contributed by atoms with Crippen LogP contribution in [0.5, 0.6) is 5.75 Å². The van der Waals surface area contributed by atoms with Crippen molar-refractivity contribution in [1.29, 1.82) is 0 Å². The first-order valence-corrected chi connectivity index (χ1v) is 8.85. The van der Waals surface area contributed by atoms with Gasteiger partial charge in [0.05, 0.1) is 17.9 Å². The van der Waals surface area contributed by atoms with E-state index in [1.165, 1.54) is 6.07 Å². The zero-order chi connectivity index (χ0) is 19.6. The maximum Gasteiger partial charge on any atom is 0.419 e. The zero-order valence-corrected chi connectivity index (χ0v) is 15.5. The Morgan fingerprint density at radius 3 is 2.26 bits per heavy atom. The fourth-order valence-electron chi connectivity index (χ4n) is 3.03. The van der Waals surface area contributed by atoms with E-state index in [9.17, 15) is 13.2 Å². The molecule has 1 aromatic heterocycles. The molecule has 142 valence electrons. The SMILES string of the molecule is Cc1cc[nH]c1-c1c(-c2ccccc2)ccc(C(F)(F)F)c1OCC(C)C. The molecule has 2 nitrogen and oxygen atoms in total. The molecular formula is C22H22F3NO. The van der Waals surface area contributed by atoms with Crippen LogP contribution in [0, 0.1) is 12.8 Å². The highest BCUT2D eigenvalue weighted by molar-refractivity contribution is 5.88. The van der Waals surface area contributed by atoms with Crippen molar-refractivity contribution in [1.82, 2.24) is 4.98 Å². The lowest BCUT2D eigenvalue weighted by Crippen LogP contribution is -2.13. The molecular weight excluding hydrogens is 351 g/mol. The lowest BCUT2D eigenvalue weighted by Gasteiger charge is -2.22. The van der Waals surface area contributed by atoms with Gasteiger partial charge in [-0.25, -0.2) is 0 Å². The number of nitrogens with one attached hydrogen (secondary N) is 1. The minimum absolute atomic E-state index is 0.101. The molecule has 1 N–H and O–H groups in total. The molecule has 2 aromatic carbocycles. The van der Waals surface area contributed by atoms with Crippen LogP contribution in [0.25, 0.3) is 22.4 Å². The van der Waals surface area contributed by atoms with Gasteiger partial charge in [0, 0.05) is 11.8 Å². The Morgan fingerprint density at radius 2 is 1.70 bits per heavy atom. The van der Waals surface area contributed by atoms with Gasteiger partial charge in [-0.2, -0.15) is 13.2 Å². The van der Waals surface area contributed by atoms with Crippen LogP contribution in [-0.2, 0) is 6.18 Å². The maximum atomic E-state index is 13.7. The third kappa shape index (κ3) is 4.02. The molecule has 0 aliphatic heterocycles. The third-order valence-electron chi connectivity index (χ3n) is 4.31. The van der Waals surface area contributed by atoms with Crippen molar-refractivity contribution in [2.24, 2.45) is 5.92 Å². The summed E-state index contributed by atoms with van der Waals surface area (Å²) in [5.74, 6) is -0.0212. The predicted octanol–water partition coefficient (Wildman–Crippen LogP) is 6.71. The van der Waals surface area contributed by atoms with Gasteiger partial charge >= 0.3 is 6.18 Å². The summed E-state index contributed by atoms with van der Waals surface area (Å²) < 4.78 is 47.0. The number of halogens is 3. The largest absolute Gasteiger partial charge is 0.492 e. The summed E-state index contributed by atoms with van der Waals surface area (Å²) in [5, 5.41) is 0. The fraction of sp³-hybridized carbons (Fsp3) is 0.273. The molecule has 0 atom stereocenters. The van der Waals surface area contributed by atoms with Crippen molar-refractivity contribution in [2.75, 3.05) is 6.61 Å². The first-order chi connectivity index (χ1) is 12.8. The molecule has 0 bridgehead atoms. The number of alkyl halides is 3. The topological polar surface area (TPSA) is 25.0 Å². The number of aromatic amines is 1. The van der Waals surface area contributed by atoms with E-state index < -0.39 is 11.7 Å². The van der Waals surface area contributed by atoms with E-state index in [0.29, 0.717) is 16.8 Å². The molecule has 0 aliphatic rings. The van der Waals surface area contributed by atoms with E-state index in [0.717, 1.165) is 17.2 Å². The van der Waals surface area contributed by atoms with Crippen LogP contribution in [0.15, 0.2) is 54.7 Å². The Bertz CT molecular complexity index is 911. The van der Waals surface area contributed by atoms with E-state index in [2.05, 4.69) is 4.98 Å². The van der Waals surface area contributed by atoms with Gasteiger partial charge in [-0.1, -0.05) is 50.2 Å². The Hall–Kier alpha value is -2.69. The molecule has 0 amide bonds. The van der Waals surface area contributed by atoms with Crippen LogP contribution in [-0.4, -0.2) is 11.6 Å². The third-order valence-corrected chi connectivity index (χ3v) is 4.31. The monoisotopic (exact) mass is 373 g/mol. The molecule has 1 heterocycles. The highest BCUT2D eigenvalue weighted by Gasteiger charge is 2.37. The van der Waals surface area contributed by atoms with Gasteiger partial charge in [0.15, 0.2) is 0 Å². The molecule has 0 aliphatic carbocycles. The molecule has 3 rings (SSSR count). The van der Waals surface area contributed by atoms with Gasteiger partial charge in [-0.15, -0.1) is 0 Å². The average Bonchev–Trinajstić information content (AvgIpc) is 3.04. The van der Waals surface area contributed by atoms with Gasteiger partial charge in [0.25, 0.3) is 0 Å². The number of aryl methyl sites for hydroxylation is 1. The second-order valence-corrected chi connectivity index (χ2v) is 6.97. The van der Waals surface area contributed by atoms with E-state index in [-0.39, 0.29) is 18.3 Å². The van der Waals surface area contributed by atoms with Crippen molar-refractivity contribution in [3.8, 4) is 28.1 Å². The van der Waals surface area contributed by atoms with Gasteiger partial charge in [-0.3, -0.25) is 0 Å². The highest BCUT2D eigenvalue weighted by atomic mass is 19.4. The van der Waals surface area contributed by atoms with Gasteiger partial charge < -0.3 is 9.72 Å². The molecule has 0 saturated heterocycles. The summed E-state index contributed by atoms with van der Waals surface area (Å²) in [5.41, 5.74) is 2.73. The smallest absolute Gasteiger partial charge is 0.419 e. The quantitative estimate of drug-likeness (QED) is 0.528. The molecule has 0 saturated carbocycles. The Labute approximate surface area is 157 Å². The highest BCUT2D eigenvalue weighted by Crippen LogP contribution is 2.47. The minimum Gasteiger partial charge on any atom is -0.492 e. The second-order valence-electron chi connectivity index (χ2n) is 6.97. The van der Waals surface area contributed by atoms with Gasteiger partial charge in [0.2, 0.25) is 0 Å². The molecule has 0 fully saturated rings. The summed E-state index contributed by atoms with van der Waals surface area (Å²) in [6, 6.07) is 13.9. The maximum absolute atomic E-state index is 13.7. The number of hydrogen-bond acceptors (Lipinski definition) is 1. The number of rotatable bonds is 5. The molecule has 0 unspecified atom stereocenters. The average molecular weight is 373 g/mol. The van der Waals surface area contributed by atoms with E-state index in [1.807, 2.05) is 57.2 Å². The molecule has 3 aromatic rings. The lowest BCUT2D eigenvalue weighted by atomic mass is 9.92. The van der Waals surface area contributed by atoms with E-state index >= 15 is 0 Å². The summed E-state index contributed by atoms with van der Waals surface area (Å²) in [7, 11) is 0. The van der Waals surface area contributed by atoms with Crippen molar-refractivity contribution in [2.45, 2.75) is 26.9 Å². The summed E-state index contributed by atoms with van der Waals surface area (Å²) in [6.07, 6.45) is -2.78. The summed E-state index contributed by atoms with van der Waals surface area (Å²) in [4.78, 5) is 3.09. The summed E-state index contributed by atoms with van der Waals surface area (Å²) >= 11 is 0. The van der Waals surface area contributed by atoms with Crippen LogP contribution >= 0.6 is 0 Å². The van der Waals surface area contributed by atoms with Crippen LogP contribution in [0.4, 0.5) is 13.2 Å². The number of ether oxygens (including phenoxy) is 1. The van der Waals surface area contributed by atoms with E-state index in [1.54, 1.807) is 6.20 Å². The first-order valence-electron chi connectivity index (χ1n) is 8.85. The second kappa shape index (κ2) is 7.51. The number of H-pyrrole nitrogens is 1. The molecule has 0 spiro atoms. The summed E-state index contributed by atoms with van der Waals surface area (Å²) in [6.45, 7) is 5.89. The standard InChI is InChI=1S/C22H22F3NO/c1-14(2)13-27-21-18(22(23,24)25)10-9-17(16-7-5-4-6-8-16)19(21)20-15(3)11-12-26-20/h4-12,14,26H,13H2,1-3H3. The van der Waals surface area contributed by atoms with E-state index in [4.69, 9.17) is 4.74 Å². The number of aromatic nitrogens is 1. The van der Waals surface area contributed by atoms with Crippen molar-refractivity contribution in [3.05, 3.63) is 65.9 Å². The van der Waals surface area contributed by atoms with Crippen LogP contribution in [0.2, 0.25) is 0 Å². The van der Waals surface area contributed by atoms with Crippen molar-refractivity contribution < 1.29 is 17.9 Å². The Balaban J connectivity index is 2.33. The zero-order valence-electron chi connectivity index (χ0n) is 15.5. The molecule has 0 radical (unpaired) electrons. The fourth-order valence-corrected chi connectivity index (χ4v) is 3.03. The Kier molecular flexibility index (Phi) is 5.31. The number of benzene rings is 2. The van der Waals surface area contributed by atoms with Crippen molar-refractivity contribution >= 4 is 0 Å². The van der Waals surface area contributed by atoms with Gasteiger partial charge in [0.1, 0.15) is 5.75 Å². The number of hydrogen-bond donors (Lipinski definition) is 1. The molecule has 27 heavy (non-hydrogen) atoms. The Morgan fingerprint density at radius 1 is 1.00 bits per heavy atom.